The van der Waals surface area contributed by atoms with Crippen molar-refractivity contribution in [2.24, 2.45) is 16.1 Å². The maximum Gasteiger partial charge on any atom is 0.123 e. The van der Waals surface area contributed by atoms with E-state index in [-0.39, 0.29) is 12.2 Å². The van der Waals surface area contributed by atoms with Crippen LogP contribution >= 0.6 is 0 Å². The molecule has 156 valence electrons. The van der Waals surface area contributed by atoms with Gasteiger partial charge in [0.15, 0.2) is 0 Å². The molecule has 2 aliphatic carbocycles. The minimum absolute atomic E-state index is 0.195. The van der Waals surface area contributed by atoms with Crippen molar-refractivity contribution in [3.8, 4) is 0 Å². The van der Waals surface area contributed by atoms with Gasteiger partial charge in [-0.2, -0.15) is 0 Å². The second kappa shape index (κ2) is 7.78. The number of aliphatic hydroxyl groups excluding tert-OH is 1. The summed E-state index contributed by atoms with van der Waals surface area (Å²) in [6.45, 7) is 2.02. The normalized spacial score (nSPS) is 29.7. The van der Waals surface area contributed by atoms with Crippen LogP contribution in [0.25, 0.3) is 0 Å². The lowest BCUT2D eigenvalue weighted by atomic mass is 9.64. The summed E-state index contributed by atoms with van der Waals surface area (Å²) in [5, 5.41) is 22.3. The zero-order valence-electron chi connectivity index (χ0n) is 16.9. The summed E-state index contributed by atoms with van der Waals surface area (Å²) < 4.78 is 13.2. The molecule has 30 heavy (non-hydrogen) atoms. The fourth-order valence-electron chi connectivity index (χ4n) is 4.66. The van der Waals surface area contributed by atoms with E-state index in [9.17, 15) is 14.6 Å². The summed E-state index contributed by atoms with van der Waals surface area (Å²) >= 11 is 0. The predicted octanol–water partition coefficient (Wildman–Crippen LogP) is 4.12. The summed E-state index contributed by atoms with van der Waals surface area (Å²) in [5.74, 6) is -0.310. The molecule has 0 bridgehead atoms. The van der Waals surface area contributed by atoms with Crippen LogP contribution in [0.15, 0.2) is 77.1 Å². The van der Waals surface area contributed by atoms with Crippen molar-refractivity contribution >= 4 is 11.4 Å². The van der Waals surface area contributed by atoms with E-state index in [0.29, 0.717) is 30.6 Å². The van der Waals surface area contributed by atoms with Gasteiger partial charge in [0.05, 0.1) is 28.8 Å². The molecular weight excluding hydrogens is 381 g/mol. The molecule has 0 amide bonds. The van der Waals surface area contributed by atoms with Gasteiger partial charge >= 0.3 is 0 Å². The molecule has 0 radical (unpaired) electrons. The third-order valence-corrected chi connectivity index (χ3v) is 6.57. The molecule has 0 aliphatic heterocycles. The topological polar surface area (TPSA) is 91.7 Å². The van der Waals surface area contributed by atoms with Gasteiger partial charge in [-0.25, -0.2) is 9.38 Å². The maximum absolute atomic E-state index is 13.2. The highest BCUT2D eigenvalue weighted by Gasteiger charge is 2.56. The fraction of sp³-hybridized carbons (Fsp3) is 0.333. The highest BCUT2D eigenvalue weighted by molar-refractivity contribution is 6.11. The van der Waals surface area contributed by atoms with Crippen molar-refractivity contribution in [2.45, 2.75) is 44.3 Å². The first-order chi connectivity index (χ1) is 14.3. The van der Waals surface area contributed by atoms with Crippen molar-refractivity contribution in [1.82, 2.24) is 4.98 Å². The molecule has 1 heterocycles. The Labute approximate surface area is 175 Å². The molecule has 1 fully saturated rings. The number of rotatable bonds is 4. The Kier molecular flexibility index (Phi) is 5.30. The zero-order chi connectivity index (χ0) is 21.4. The molecule has 6 heteroatoms. The maximum atomic E-state index is 13.2. The first-order valence-corrected chi connectivity index (χ1v) is 10.1. The van der Waals surface area contributed by atoms with Crippen molar-refractivity contribution in [3.05, 3.63) is 83.6 Å². The molecule has 1 unspecified atom stereocenters. The zero-order valence-corrected chi connectivity index (χ0v) is 16.9. The monoisotopic (exact) mass is 407 g/mol. The van der Waals surface area contributed by atoms with E-state index in [4.69, 9.17) is 5.73 Å². The molecule has 5 nitrogen and oxygen atoms in total. The molecule has 2 aromatic rings. The second-order valence-corrected chi connectivity index (χ2v) is 8.35. The lowest BCUT2D eigenvalue weighted by Gasteiger charge is -2.44. The van der Waals surface area contributed by atoms with E-state index >= 15 is 0 Å². The van der Waals surface area contributed by atoms with E-state index in [0.717, 1.165) is 16.9 Å². The van der Waals surface area contributed by atoms with Crippen LogP contribution in [0.4, 0.5) is 10.1 Å². The molecule has 1 saturated carbocycles. The Hall–Kier alpha value is -2.83. The van der Waals surface area contributed by atoms with Crippen LogP contribution in [0.2, 0.25) is 0 Å². The third kappa shape index (κ3) is 3.57. The van der Waals surface area contributed by atoms with Crippen LogP contribution in [-0.2, 0) is 0 Å². The van der Waals surface area contributed by atoms with Crippen LogP contribution < -0.4 is 5.73 Å². The number of halogens is 1. The van der Waals surface area contributed by atoms with E-state index in [1.165, 1.54) is 18.3 Å². The Morgan fingerprint density at radius 2 is 2.03 bits per heavy atom. The average molecular weight is 407 g/mol. The molecule has 1 aromatic heterocycles. The quantitative estimate of drug-likeness (QED) is 0.711. The molecule has 1 aromatic carbocycles. The number of nitrogens with two attached hydrogens (primary N) is 1. The van der Waals surface area contributed by atoms with E-state index in [1.54, 1.807) is 30.5 Å². The number of benzene rings is 1. The number of fused-ring (bicyclic) bond motifs is 1. The lowest BCUT2D eigenvalue weighted by molar-refractivity contribution is -0.0744. The number of pyridine rings is 1. The predicted molar refractivity (Wildman–Crippen MR) is 115 cm³/mol. The van der Waals surface area contributed by atoms with Gasteiger partial charge in [-0.1, -0.05) is 18.6 Å². The Balaban J connectivity index is 1.65. The van der Waals surface area contributed by atoms with Crippen LogP contribution in [0.1, 0.15) is 44.4 Å². The highest BCUT2D eigenvalue weighted by atomic mass is 19.1. The van der Waals surface area contributed by atoms with E-state index in [1.807, 2.05) is 19.1 Å². The third-order valence-electron chi connectivity index (χ3n) is 6.57. The first-order valence-electron chi connectivity index (χ1n) is 10.1. The lowest BCUT2D eigenvalue weighted by Crippen LogP contribution is -2.46. The molecule has 0 saturated heterocycles. The number of nitrogens with zero attached hydrogens (tertiary/aromatic N) is 2. The number of aliphatic hydroxyl groups is 2. The van der Waals surface area contributed by atoms with Gasteiger partial charge in [-0.3, -0.25) is 4.98 Å². The Bertz CT molecular complexity index is 1020. The summed E-state index contributed by atoms with van der Waals surface area (Å²) in [6, 6.07) is 11.4. The van der Waals surface area contributed by atoms with Gasteiger partial charge in [0.2, 0.25) is 0 Å². The SMILES string of the molecule is C[C@]12CC(=CN)C(=Nc3ccc(F)cc3)C=C1CC[C@@]2(O)CC(O)c1ccccn1. The molecule has 3 atom stereocenters. The van der Waals surface area contributed by atoms with Crippen molar-refractivity contribution in [2.75, 3.05) is 0 Å². The summed E-state index contributed by atoms with van der Waals surface area (Å²) in [4.78, 5) is 8.87. The minimum atomic E-state index is -1.09. The van der Waals surface area contributed by atoms with Crippen molar-refractivity contribution in [3.63, 3.8) is 0 Å². The van der Waals surface area contributed by atoms with Crippen molar-refractivity contribution < 1.29 is 14.6 Å². The first kappa shape index (κ1) is 20.4. The summed E-state index contributed by atoms with van der Waals surface area (Å²) in [6.07, 6.45) is 6.25. The number of hydrogen-bond donors (Lipinski definition) is 3. The van der Waals surface area contributed by atoms with Crippen LogP contribution in [0.3, 0.4) is 0 Å². The molecule has 0 spiro atoms. The van der Waals surface area contributed by atoms with Gasteiger partial charge in [0, 0.05) is 18.0 Å². The summed E-state index contributed by atoms with van der Waals surface area (Å²) in [7, 11) is 0. The highest BCUT2D eigenvalue weighted by Crippen LogP contribution is 2.58. The number of hydrogen-bond acceptors (Lipinski definition) is 5. The van der Waals surface area contributed by atoms with Crippen molar-refractivity contribution in [1.29, 1.82) is 0 Å². The molecular formula is C24H26FN3O2. The van der Waals surface area contributed by atoms with Gasteiger partial charge in [0.1, 0.15) is 5.82 Å². The van der Waals surface area contributed by atoms with Crippen LogP contribution in [-0.4, -0.2) is 26.5 Å². The van der Waals surface area contributed by atoms with Gasteiger partial charge in [-0.15, -0.1) is 0 Å². The number of aliphatic imine (C=N–C) groups is 1. The number of aromatic nitrogens is 1. The molecule has 4 N–H and O–H groups in total. The standard InChI is InChI=1S/C24H26FN3O2/c1-23-13-16(15-26)21(28-19-7-5-18(25)6-8-19)12-17(23)9-10-24(23,30)14-22(29)20-4-2-3-11-27-20/h2-8,11-12,15,22,29-30H,9-10,13-14,26H2,1H3/t22?,23-,24+/m0/s1. The van der Waals surface area contributed by atoms with Crippen LogP contribution in [0, 0.1) is 11.2 Å². The molecule has 2 aliphatic rings. The average Bonchev–Trinajstić information content (AvgIpc) is 3.00. The van der Waals surface area contributed by atoms with E-state index in [2.05, 4.69) is 9.98 Å². The van der Waals surface area contributed by atoms with Gasteiger partial charge in [0.25, 0.3) is 0 Å². The number of allylic oxidation sites excluding steroid dienone is 2. The van der Waals surface area contributed by atoms with Gasteiger partial charge < -0.3 is 15.9 Å². The largest absolute Gasteiger partial charge is 0.404 e. The van der Waals surface area contributed by atoms with Crippen LogP contribution in [0.5, 0.6) is 0 Å². The summed E-state index contributed by atoms with van der Waals surface area (Å²) in [5.41, 5.74) is 8.10. The fourth-order valence-corrected chi connectivity index (χ4v) is 4.66. The van der Waals surface area contributed by atoms with E-state index < -0.39 is 17.1 Å². The Morgan fingerprint density at radius 3 is 2.70 bits per heavy atom. The minimum Gasteiger partial charge on any atom is -0.404 e. The molecule has 4 rings (SSSR count). The second-order valence-electron chi connectivity index (χ2n) is 8.35. The van der Waals surface area contributed by atoms with Gasteiger partial charge in [-0.05, 0) is 73.5 Å². The Morgan fingerprint density at radius 1 is 1.27 bits per heavy atom. The smallest absolute Gasteiger partial charge is 0.123 e.